The second kappa shape index (κ2) is 11.8. The highest BCUT2D eigenvalue weighted by Crippen LogP contribution is 2.06. The van der Waals surface area contributed by atoms with Crippen molar-refractivity contribution < 1.29 is 18.7 Å². The van der Waals surface area contributed by atoms with Crippen molar-refractivity contribution in [3.8, 4) is 0 Å². The SMILES string of the molecule is COCCN=C(NCCc1ccco1)N1CCN(CC(=O)N2CCOCC2)CC1. The number of ether oxygens (including phenoxy) is 2. The first-order valence-corrected chi connectivity index (χ1v) is 10.4. The molecule has 0 bridgehead atoms. The minimum Gasteiger partial charge on any atom is -0.469 e. The van der Waals surface area contributed by atoms with Crippen molar-refractivity contribution in [2.45, 2.75) is 6.42 Å². The fourth-order valence-corrected chi connectivity index (χ4v) is 3.48. The molecule has 9 nitrogen and oxygen atoms in total. The first kappa shape index (κ1) is 21.6. The van der Waals surface area contributed by atoms with Gasteiger partial charge in [0.25, 0.3) is 0 Å². The summed E-state index contributed by atoms with van der Waals surface area (Å²) in [5.41, 5.74) is 0. The summed E-state index contributed by atoms with van der Waals surface area (Å²) in [6.07, 6.45) is 2.50. The zero-order valence-electron chi connectivity index (χ0n) is 17.3. The van der Waals surface area contributed by atoms with Crippen LogP contribution in [0.15, 0.2) is 27.8 Å². The van der Waals surface area contributed by atoms with Gasteiger partial charge in [-0.3, -0.25) is 14.7 Å². The molecule has 0 saturated carbocycles. The van der Waals surface area contributed by atoms with Gasteiger partial charge in [-0.25, -0.2) is 0 Å². The second-order valence-corrected chi connectivity index (χ2v) is 7.21. The van der Waals surface area contributed by atoms with E-state index >= 15 is 0 Å². The highest BCUT2D eigenvalue weighted by atomic mass is 16.5. The number of rotatable bonds is 8. The van der Waals surface area contributed by atoms with E-state index in [1.165, 1.54) is 0 Å². The minimum atomic E-state index is 0.201. The lowest BCUT2D eigenvalue weighted by atomic mass is 10.3. The van der Waals surface area contributed by atoms with Gasteiger partial charge >= 0.3 is 0 Å². The van der Waals surface area contributed by atoms with Gasteiger partial charge in [0.2, 0.25) is 5.91 Å². The van der Waals surface area contributed by atoms with Crippen molar-refractivity contribution in [2.75, 3.05) is 85.8 Å². The highest BCUT2D eigenvalue weighted by Gasteiger charge is 2.24. The van der Waals surface area contributed by atoms with Crippen LogP contribution in [-0.4, -0.2) is 112 Å². The first-order valence-electron chi connectivity index (χ1n) is 10.4. The topological polar surface area (TPSA) is 82.8 Å². The number of hydrogen-bond donors (Lipinski definition) is 1. The van der Waals surface area contributed by atoms with Crippen LogP contribution in [0.2, 0.25) is 0 Å². The number of morpholine rings is 1. The molecule has 0 atom stereocenters. The quantitative estimate of drug-likeness (QED) is 0.366. The van der Waals surface area contributed by atoms with Crippen molar-refractivity contribution in [3.63, 3.8) is 0 Å². The maximum Gasteiger partial charge on any atom is 0.236 e. The molecular weight excluding hydrogens is 374 g/mol. The van der Waals surface area contributed by atoms with E-state index in [1.54, 1.807) is 13.4 Å². The summed E-state index contributed by atoms with van der Waals surface area (Å²) in [7, 11) is 1.68. The molecule has 1 aromatic rings. The average Bonchev–Trinajstić information content (AvgIpc) is 3.27. The lowest BCUT2D eigenvalue weighted by Crippen LogP contribution is -2.55. The fraction of sp³-hybridized carbons (Fsp3) is 0.700. The molecule has 1 aromatic heterocycles. The van der Waals surface area contributed by atoms with Gasteiger partial charge < -0.3 is 29.0 Å². The summed E-state index contributed by atoms with van der Waals surface area (Å²) in [5, 5.41) is 3.45. The maximum absolute atomic E-state index is 12.5. The molecule has 29 heavy (non-hydrogen) atoms. The lowest BCUT2D eigenvalue weighted by Gasteiger charge is -2.37. The monoisotopic (exact) mass is 407 g/mol. The number of carbonyl (C=O) groups excluding carboxylic acids is 1. The van der Waals surface area contributed by atoms with E-state index < -0.39 is 0 Å². The largest absolute Gasteiger partial charge is 0.469 e. The molecule has 0 aromatic carbocycles. The van der Waals surface area contributed by atoms with Gasteiger partial charge in [0, 0.05) is 59.3 Å². The predicted octanol–water partition coefficient (Wildman–Crippen LogP) is -0.109. The third kappa shape index (κ3) is 7.02. The molecule has 0 radical (unpaired) electrons. The summed E-state index contributed by atoms with van der Waals surface area (Å²) in [4.78, 5) is 23.5. The van der Waals surface area contributed by atoms with Gasteiger partial charge in [0.05, 0.1) is 39.2 Å². The van der Waals surface area contributed by atoms with Crippen molar-refractivity contribution in [2.24, 2.45) is 4.99 Å². The van der Waals surface area contributed by atoms with E-state index in [1.807, 2.05) is 17.0 Å². The summed E-state index contributed by atoms with van der Waals surface area (Å²) >= 11 is 0. The van der Waals surface area contributed by atoms with Crippen molar-refractivity contribution in [1.29, 1.82) is 0 Å². The molecule has 0 aliphatic carbocycles. The third-order valence-corrected chi connectivity index (χ3v) is 5.19. The highest BCUT2D eigenvalue weighted by molar-refractivity contribution is 5.80. The van der Waals surface area contributed by atoms with Crippen molar-refractivity contribution in [3.05, 3.63) is 24.2 Å². The molecule has 162 valence electrons. The standard InChI is InChI=1S/C20H33N5O4/c1-27-14-6-22-20(21-5-4-18-3-2-13-29-18)25-9-7-23(8-10-25)17-19(26)24-11-15-28-16-12-24/h2-3,13H,4-12,14-17H2,1H3,(H,21,22). The number of furan rings is 1. The Morgan fingerprint density at radius 1 is 1.17 bits per heavy atom. The Bertz CT molecular complexity index is 623. The molecule has 0 spiro atoms. The zero-order valence-corrected chi connectivity index (χ0v) is 17.3. The average molecular weight is 408 g/mol. The Morgan fingerprint density at radius 2 is 1.97 bits per heavy atom. The Kier molecular flexibility index (Phi) is 8.79. The van der Waals surface area contributed by atoms with Crippen LogP contribution < -0.4 is 5.32 Å². The molecule has 3 heterocycles. The van der Waals surface area contributed by atoms with E-state index in [4.69, 9.17) is 13.9 Å². The molecule has 1 amide bonds. The van der Waals surface area contributed by atoms with E-state index in [0.29, 0.717) is 46.0 Å². The van der Waals surface area contributed by atoms with Crippen LogP contribution in [0.5, 0.6) is 0 Å². The normalized spacial score (nSPS) is 18.9. The number of amides is 1. The number of hydrogen-bond acceptors (Lipinski definition) is 6. The number of methoxy groups -OCH3 is 1. The van der Waals surface area contributed by atoms with Crippen LogP contribution in [0.1, 0.15) is 5.76 Å². The summed E-state index contributed by atoms with van der Waals surface area (Å²) < 4.78 is 15.9. The van der Waals surface area contributed by atoms with Gasteiger partial charge in [-0.2, -0.15) is 0 Å². The fourth-order valence-electron chi connectivity index (χ4n) is 3.48. The number of aliphatic imine (C=N–C) groups is 1. The van der Waals surface area contributed by atoms with Crippen LogP contribution in [0.25, 0.3) is 0 Å². The van der Waals surface area contributed by atoms with Gasteiger partial charge in [0.15, 0.2) is 5.96 Å². The summed E-state index contributed by atoms with van der Waals surface area (Å²) in [5.74, 6) is 2.06. The summed E-state index contributed by atoms with van der Waals surface area (Å²) in [6.45, 7) is 8.53. The maximum atomic E-state index is 12.5. The van der Waals surface area contributed by atoms with Crippen LogP contribution in [0.4, 0.5) is 0 Å². The van der Waals surface area contributed by atoms with Gasteiger partial charge in [-0.05, 0) is 12.1 Å². The number of carbonyl (C=O) groups is 1. The molecule has 2 saturated heterocycles. The second-order valence-electron chi connectivity index (χ2n) is 7.21. The molecule has 2 fully saturated rings. The Hall–Kier alpha value is -2.10. The molecule has 9 heteroatoms. The molecular formula is C20H33N5O4. The Labute approximate surface area is 172 Å². The zero-order chi connectivity index (χ0) is 20.3. The van der Waals surface area contributed by atoms with Crippen molar-refractivity contribution >= 4 is 11.9 Å². The Morgan fingerprint density at radius 3 is 2.66 bits per heavy atom. The van der Waals surface area contributed by atoms with Gasteiger partial charge in [0.1, 0.15) is 5.76 Å². The predicted molar refractivity (Wildman–Crippen MR) is 110 cm³/mol. The number of piperazine rings is 1. The van der Waals surface area contributed by atoms with Crippen LogP contribution in [0, 0.1) is 0 Å². The van der Waals surface area contributed by atoms with E-state index in [-0.39, 0.29) is 5.91 Å². The van der Waals surface area contributed by atoms with Crippen LogP contribution >= 0.6 is 0 Å². The van der Waals surface area contributed by atoms with Gasteiger partial charge in [-0.15, -0.1) is 0 Å². The minimum absolute atomic E-state index is 0.201. The van der Waals surface area contributed by atoms with Crippen LogP contribution in [0.3, 0.4) is 0 Å². The molecule has 2 aliphatic heterocycles. The molecule has 1 N–H and O–H groups in total. The first-order chi connectivity index (χ1) is 14.3. The number of nitrogens with zero attached hydrogens (tertiary/aromatic N) is 4. The molecule has 0 unspecified atom stereocenters. The van der Waals surface area contributed by atoms with Crippen molar-refractivity contribution in [1.82, 2.24) is 20.0 Å². The van der Waals surface area contributed by atoms with E-state index in [2.05, 4.69) is 20.1 Å². The lowest BCUT2D eigenvalue weighted by molar-refractivity contribution is -0.136. The van der Waals surface area contributed by atoms with E-state index in [0.717, 1.165) is 50.9 Å². The molecule has 2 aliphatic rings. The van der Waals surface area contributed by atoms with E-state index in [9.17, 15) is 4.79 Å². The molecule has 3 rings (SSSR count). The van der Waals surface area contributed by atoms with Gasteiger partial charge in [-0.1, -0.05) is 0 Å². The number of guanidine groups is 1. The third-order valence-electron chi connectivity index (χ3n) is 5.19. The summed E-state index contributed by atoms with van der Waals surface area (Å²) in [6, 6.07) is 3.88. The van der Waals surface area contributed by atoms with Crippen LogP contribution in [-0.2, 0) is 20.7 Å². The number of nitrogens with one attached hydrogen (secondary N) is 1. The Balaban J connectivity index is 1.45. The smallest absolute Gasteiger partial charge is 0.236 e.